The van der Waals surface area contributed by atoms with Gasteiger partial charge in [0, 0.05) is 4.91 Å². The SMILES string of the molecule is CNCCCC1=Cc2cccc(C(F)(F)F)c2S1(=O)=O. The van der Waals surface area contributed by atoms with E-state index in [-0.39, 0.29) is 16.9 Å². The van der Waals surface area contributed by atoms with Crippen LogP contribution in [0.3, 0.4) is 0 Å². The number of alkyl halides is 3. The zero-order valence-corrected chi connectivity index (χ0v) is 11.6. The van der Waals surface area contributed by atoms with Gasteiger partial charge in [-0.15, -0.1) is 0 Å². The predicted octanol–water partition coefficient (Wildman–Crippen LogP) is 2.83. The van der Waals surface area contributed by atoms with Gasteiger partial charge in [0.25, 0.3) is 0 Å². The molecule has 2 rings (SSSR count). The first-order valence-corrected chi connectivity index (χ1v) is 7.57. The Bertz CT molecular complexity index is 648. The normalized spacial score (nSPS) is 16.9. The van der Waals surface area contributed by atoms with Gasteiger partial charge in [-0.1, -0.05) is 12.1 Å². The Hall–Kier alpha value is -1.34. The highest BCUT2D eigenvalue weighted by Gasteiger charge is 2.41. The topological polar surface area (TPSA) is 46.2 Å². The van der Waals surface area contributed by atoms with Crippen LogP contribution >= 0.6 is 0 Å². The fourth-order valence-electron chi connectivity index (χ4n) is 2.22. The molecule has 0 bridgehead atoms. The van der Waals surface area contributed by atoms with Gasteiger partial charge in [0.05, 0.1) is 10.5 Å². The Morgan fingerprint density at radius 2 is 1.95 bits per heavy atom. The quantitative estimate of drug-likeness (QED) is 0.870. The van der Waals surface area contributed by atoms with Gasteiger partial charge in [-0.2, -0.15) is 13.2 Å². The third kappa shape index (κ3) is 2.60. The van der Waals surface area contributed by atoms with Crippen LogP contribution in [0.1, 0.15) is 24.0 Å². The third-order valence-electron chi connectivity index (χ3n) is 3.13. The lowest BCUT2D eigenvalue weighted by Crippen LogP contribution is -2.13. The van der Waals surface area contributed by atoms with E-state index in [1.807, 2.05) is 0 Å². The highest BCUT2D eigenvalue weighted by atomic mass is 32.2. The molecule has 1 N–H and O–H groups in total. The fourth-order valence-corrected chi connectivity index (χ4v) is 4.09. The van der Waals surface area contributed by atoms with Gasteiger partial charge < -0.3 is 5.32 Å². The molecular weight excluding hydrogens is 291 g/mol. The number of halogens is 3. The smallest absolute Gasteiger partial charge is 0.320 e. The van der Waals surface area contributed by atoms with Gasteiger partial charge in [-0.3, -0.25) is 0 Å². The molecule has 0 amide bonds. The Kier molecular flexibility index (Phi) is 3.93. The van der Waals surface area contributed by atoms with Crippen molar-refractivity contribution in [1.29, 1.82) is 0 Å². The van der Waals surface area contributed by atoms with Crippen LogP contribution in [0, 0.1) is 0 Å². The van der Waals surface area contributed by atoms with Gasteiger partial charge >= 0.3 is 6.18 Å². The molecule has 0 fully saturated rings. The molecule has 0 radical (unpaired) electrons. The minimum atomic E-state index is -4.67. The minimum Gasteiger partial charge on any atom is -0.320 e. The van der Waals surface area contributed by atoms with Crippen LogP contribution in [-0.2, 0) is 16.0 Å². The van der Waals surface area contributed by atoms with E-state index in [1.54, 1.807) is 7.05 Å². The van der Waals surface area contributed by atoms with Gasteiger partial charge in [0.15, 0.2) is 0 Å². The minimum absolute atomic E-state index is 0.0550. The summed E-state index contributed by atoms with van der Waals surface area (Å²) < 4.78 is 63.3. The molecule has 110 valence electrons. The summed E-state index contributed by atoms with van der Waals surface area (Å²) in [6, 6.07) is 3.43. The average Bonchev–Trinajstić information content (AvgIpc) is 2.61. The Morgan fingerprint density at radius 3 is 2.55 bits per heavy atom. The molecule has 0 saturated heterocycles. The Labute approximate surface area is 115 Å². The average molecular weight is 305 g/mol. The van der Waals surface area contributed by atoms with Crippen LogP contribution < -0.4 is 5.32 Å². The summed E-state index contributed by atoms with van der Waals surface area (Å²) in [5.41, 5.74) is -0.964. The van der Waals surface area contributed by atoms with Crippen LogP contribution in [0.25, 0.3) is 6.08 Å². The molecule has 7 heteroatoms. The summed E-state index contributed by atoms with van der Waals surface area (Å²) in [6.07, 6.45) is -2.55. The highest BCUT2D eigenvalue weighted by Crippen LogP contribution is 2.43. The van der Waals surface area contributed by atoms with Crippen molar-refractivity contribution < 1.29 is 21.6 Å². The molecule has 0 unspecified atom stereocenters. The van der Waals surface area contributed by atoms with E-state index < -0.39 is 26.5 Å². The predicted molar refractivity (Wildman–Crippen MR) is 69.8 cm³/mol. The van der Waals surface area contributed by atoms with E-state index in [1.165, 1.54) is 18.2 Å². The monoisotopic (exact) mass is 305 g/mol. The summed E-state index contributed by atoms with van der Waals surface area (Å²) in [7, 11) is -2.30. The molecular formula is C13H14F3NO2S. The van der Waals surface area contributed by atoms with Crippen LogP contribution in [0.5, 0.6) is 0 Å². The second kappa shape index (κ2) is 5.21. The van der Waals surface area contributed by atoms with E-state index in [0.29, 0.717) is 13.0 Å². The summed E-state index contributed by atoms with van der Waals surface area (Å²) in [6.45, 7) is 0.606. The van der Waals surface area contributed by atoms with Crippen LogP contribution in [0.2, 0.25) is 0 Å². The van der Waals surface area contributed by atoms with Crippen molar-refractivity contribution in [3.05, 3.63) is 34.2 Å². The van der Waals surface area contributed by atoms with Crippen molar-refractivity contribution in [2.45, 2.75) is 23.9 Å². The van der Waals surface area contributed by atoms with E-state index >= 15 is 0 Å². The van der Waals surface area contributed by atoms with Gasteiger partial charge in [0.1, 0.15) is 0 Å². The fraction of sp³-hybridized carbons (Fsp3) is 0.385. The summed E-state index contributed by atoms with van der Waals surface area (Å²) in [4.78, 5) is -0.550. The van der Waals surface area contributed by atoms with Crippen molar-refractivity contribution in [3.63, 3.8) is 0 Å². The molecule has 3 nitrogen and oxygen atoms in total. The molecule has 1 aliphatic rings. The van der Waals surface area contributed by atoms with Crippen LogP contribution in [0.4, 0.5) is 13.2 Å². The molecule has 0 aliphatic carbocycles. The number of benzene rings is 1. The molecule has 1 aliphatic heterocycles. The van der Waals surface area contributed by atoms with Gasteiger partial charge in [-0.25, -0.2) is 8.42 Å². The van der Waals surface area contributed by atoms with Crippen molar-refractivity contribution in [1.82, 2.24) is 5.32 Å². The number of hydrogen-bond acceptors (Lipinski definition) is 3. The first kappa shape index (κ1) is 15.1. The van der Waals surface area contributed by atoms with E-state index in [2.05, 4.69) is 5.32 Å². The molecule has 1 aromatic rings. The zero-order chi connectivity index (χ0) is 15.0. The number of fused-ring (bicyclic) bond motifs is 1. The second-order valence-corrected chi connectivity index (χ2v) is 6.48. The molecule has 0 saturated carbocycles. The van der Waals surface area contributed by atoms with Crippen LogP contribution in [0.15, 0.2) is 28.0 Å². The highest BCUT2D eigenvalue weighted by molar-refractivity contribution is 7.95. The van der Waals surface area contributed by atoms with Crippen molar-refractivity contribution in [3.8, 4) is 0 Å². The Morgan fingerprint density at radius 1 is 1.25 bits per heavy atom. The molecule has 1 aromatic carbocycles. The first-order chi connectivity index (χ1) is 9.28. The zero-order valence-electron chi connectivity index (χ0n) is 10.8. The second-order valence-electron chi connectivity index (χ2n) is 4.54. The van der Waals surface area contributed by atoms with Gasteiger partial charge in [-0.05, 0) is 44.1 Å². The summed E-state index contributed by atoms with van der Waals surface area (Å²) in [5, 5.41) is 2.87. The molecule has 0 atom stereocenters. The maximum absolute atomic E-state index is 12.9. The van der Waals surface area contributed by atoms with E-state index in [0.717, 1.165) is 6.07 Å². The number of hydrogen-bond donors (Lipinski definition) is 1. The summed E-state index contributed by atoms with van der Waals surface area (Å²) in [5.74, 6) is 0. The maximum atomic E-state index is 12.9. The van der Waals surface area contributed by atoms with Crippen molar-refractivity contribution in [2.24, 2.45) is 0 Å². The molecule has 1 heterocycles. The Balaban J connectivity index is 2.44. The lowest BCUT2D eigenvalue weighted by atomic mass is 10.1. The lowest BCUT2D eigenvalue weighted by molar-refractivity contribution is -0.139. The number of nitrogens with one attached hydrogen (secondary N) is 1. The van der Waals surface area contributed by atoms with Crippen molar-refractivity contribution >= 4 is 15.9 Å². The number of rotatable bonds is 4. The first-order valence-electron chi connectivity index (χ1n) is 6.09. The molecule has 0 spiro atoms. The molecule has 0 aromatic heterocycles. The van der Waals surface area contributed by atoms with E-state index in [9.17, 15) is 21.6 Å². The molecule has 20 heavy (non-hydrogen) atoms. The maximum Gasteiger partial charge on any atom is 0.417 e. The largest absolute Gasteiger partial charge is 0.417 e. The number of sulfone groups is 1. The third-order valence-corrected chi connectivity index (χ3v) is 5.14. The lowest BCUT2D eigenvalue weighted by Gasteiger charge is -2.12. The van der Waals surface area contributed by atoms with Crippen molar-refractivity contribution in [2.75, 3.05) is 13.6 Å². The van der Waals surface area contributed by atoms with E-state index in [4.69, 9.17) is 0 Å². The standard InChI is InChI=1S/C13H14F3NO2S/c1-17-7-3-5-10-8-9-4-2-6-11(13(14,15)16)12(9)20(10,18)19/h2,4,6,8,17H,3,5,7H2,1H3. The number of allylic oxidation sites excluding steroid dienone is 1. The van der Waals surface area contributed by atoms with Gasteiger partial charge in [0.2, 0.25) is 9.84 Å². The summed E-state index contributed by atoms with van der Waals surface area (Å²) >= 11 is 0. The van der Waals surface area contributed by atoms with Crippen LogP contribution in [-0.4, -0.2) is 22.0 Å².